The van der Waals surface area contributed by atoms with Crippen LogP contribution in [0.15, 0.2) is 42.7 Å². The molecule has 2 N–H and O–H groups in total. The molecule has 0 saturated heterocycles. The second kappa shape index (κ2) is 7.00. The van der Waals surface area contributed by atoms with Gasteiger partial charge in [0.05, 0.1) is 13.1 Å². The molecule has 0 aliphatic heterocycles. The molecule has 0 fully saturated rings. The van der Waals surface area contributed by atoms with E-state index >= 15 is 0 Å². The van der Waals surface area contributed by atoms with Crippen molar-refractivity contribution in [1.82, 2.24) is 20.4 Å². The third-order valence-electron chi connectivity index (χ3n) is 2.80. The number of nitrogens with zero attached hydrogens (tertiary/aromatic N) is 2. The van der Waals surface area contributed by atoms with Gasteiger partial charge in [-0.3, -0.25) is 4.68 Å². The predicted molar refractivity (Wildman–Crippen MR) is 76.8 cm³/mol. The van der Waals surface area contributed by atoms with E-state index in [-0.39, 0.29) is 12.6 Å². The van der Waals surface area contributed by atoms with Crippen LogP contribution in [-0.2, 0) is 13.1 Å². The molecule has 2 rings (SSSR count). The first-order valence-electron chi connectivity index (χ1n) is 6.29. The molecule has 2 amide bonds. The van der Waals surface area contributed by atoms with Crippen molar-refractivity contribution in [3.05, 3.63) is 53.9 Å². The van der Waals surface area contributed by atoms with Crippen molar-refractivity contribution < 1.29 is 4.79 Å². The minimum Gasteiger partial charge on any atom is -0.334 e. The Morgan fingerprint density at radius 1 is 1.25 bits per heavy atom. The quantitative estimate of drug-likeness (QED) is 0.804. The Balaban J connectivity index is 1.97. The van der Waals surface area contributed by atoms with Gasteiger partial charge in [0.1, 0.15) is 0 Å². The lowest BCUT2D eigenvalue weighted by molar-refractivity contribution is 0.241. The number of urea groups is 1. The molecule has 1 aromatic carbocycles. The SMILES string of the molecule is C#CCNC(=O)NCc1ccccc1Cn1cccn1. The van der Waals surface area contributed by atoms with Crippen LogP contribution in [0.5, 0.6) is 0 Å². The van der Waals surface area contributed by atoms with Gasteiger partial charge in [-0.2, -0.15) is 5.10 Å². The zero-order valence-electron chi connectivity index (χ0n) is 11.0. The fraction of sp³-hybridized carbons (Fsp3) is 0.200. The summed E-state index contributed by atoms with van der Waals surface area (Å²) in [7, 11) is 0. The van der Waals surface area contributed by atoms with Crippen molar-refractivity contribution in [3.63, 3.8) is 0 Å². The Hall–Kier alpha value is -2.74. The molecule has 20 heavy (non-hydrogen) atoms. The van der Waals surface area contributed by atoms with Crippen LogP contribution in [0.2, 0.25) is 0 Å². The first kappa shape index (κ1) is 13.7. The maximum atomic E-state index is 11.5. The van der Waals surface area contributed by atoms with Crippen molar-refractivity contribution >= 4 is 6.03 Å². The van der Waals surface area contributed by atoms with Gasteiger partial charge in [0, 0.05) is 18.9 Å². The molecule has 0 atom stereocenters. The van der Waals surface area contributed by atoms with Gasteiger partial charge >= 0.3 is 6.03 Å². The highest BCUT2D eigenvalue weighted by atomic mass is 16.2. The molecule has 1 heterocycles. The van der Waals surface area contributed by atoms with Crippen LogP contribution >= 0.6 is 0 Å². The maximum Gasteiger partial charge on any atom is 0.315 e. The summed E-state index contributed by atoms with van der Waals surface area (Å²) in [4.78, 5) is 11.5. The number of hydrogen-bond donors (Lipinski definition) is 2. The number of terminal acetylenes is 1. The summed E-state index contributed by atoms with van der Waals surface area (Å²) in [5.41, 5.74) is 2.17. The lowest BCUT2D eigenvalue weighted by atomic mass is 10.1. The monoisotopic (exact) mass is 268 g/mol. The van der Waals surface area contributed by atoms with E-state index < -0.39 is 0 Å². The summed E-state index contributed by atoms with van der Waals surface area (Å²) in [6.07, 6.45) is 8.73. The van der Waals surface area contributed by atoms with E-state index in [1.54, 1.807) is 6.20 Å². The van der Waals surface area contributed by atoms with Crippen molar-refractivity contribution in [2.45, 2.75) is 13.1 Å². The number of carbonyl (C=O) groups excluding carboxylic acids is 1. The smallest absolute Gasteiger partial charge is 0.315 e. The zero-order chi connectivity index (χ0) is 14.2. The van der Waals surface area contributed by atoms with Crippen LogP contribution in [0.3, 0.4) is 0 Å². The Kier molecular flexibility index (Phi) is 4.79. The van der Waals surface area contributed by atoms with E-state index in [4.69, 9.17) is 6.42 Å². The fourth-order valence-electron chi connectivity index (χ4n) is 1.82. The van der Waals surface area contributed by atoms with Gasteiger partial charge in [-0.05, 0) is 17.2 Å². The van der Waals surface area contributed by atoms with Crippen LogP contribution in [0.4, 0.5) is 4.79 Å². The number of aromatic nitrogens is 2. The lowest BCUT2D eigenvalue weighted by Crippen LogP contribution is -2.35. The second-order valence-corrected chi connectivity index (χ2v) is 4.21. The van der Waals surface area contributed by atoms with Crippen molar-refractivity contribution in [2.24, 2.45) is 0 Å². The molecule has 0 saturated carbocycles. The summed E-state index contributed by atoms with van der Waals surface area (Å²) >= 11 is 0. The molecule has 0 unspecified atom stereocenters. The summed E-state index contributed by atoms with van der Waals surface area (Å²) in [6, 6.07) is 9.55. The first-order chi connectivity index (χ1) is 9.79. The second-order valence-electron chi connectivity index (χ2n) is 4.21. The van der Waals surface area contributed by atoms with E-state index in [1.807, 2.05) is 41.2 Å². The van der Waals surface area contributed by atoms with Crippen molar-refractivity contribution in [2.75, 3.05) is 6.54 Å². The molecule has 0 aliphatic carbocycles. The van der Waals surface area contributed by atoms with Gasteiger partial charge in [0.2, 0.25) is 0 Å². The van der Waals surface area contributed by atoms with Crippen molar-refractivity contribution in [1.29, 1.82) is 0 Å². The standard InChI is InChI=1S/C15H16N4O/c1-2-8-16-15(20)17-11-13-6-3-4-7-14(13)12-19-10-5-9-18-19/h1,3-7,9-10H,8,11-12H2,(H2,16,17,20). The van der Waals surface area contributed by atoms with E-state index in [0.717, 1.165) is 11.1 Å². The molecule has 2 aromatic rings. The Bertz CT molecular complexity index is 599. The van der Waals surface area contributed by atoms with Crippen LogP contribution in [0.1, 0.15) is 11.1 Å². The highest BCUT2D eigenvalue weighted by Crippen LogP contribution is 2.10. The molecule has 5 nitrogen and oxygen atoms in total. The Morgan fingerprint density at radius 2 is 2.05 bits per heavy atom. The zero-order valence-corrected chi connectivity index (χ0v) is 11.0. The number of rotatable bonds is 5. The third kappa shape index (κ3) is 3.89. The summed E-state index contributed by atoms with van der Waals surface area (Å²) in [5.74, 6) is 2.35. The molecule has 0 spiro atoms. The van der Waals surface area contributed by atoms with Gasteiger partial charge < -0.3 is 10.6 Å². The van der Waals surface area contributed by atoms with Crippen LogP contribution in [-0.4, -0.2) is 22.4 Å². The van der Waals surface area contributed by atoms with Crippen LogP contribution in [0, 0.1) is 12.3 Å². The molecule has 102 valence electrons. The average molecular weight is 268 g/mol. The van der Waals surface area contributed by atoms with E-state index in [9.17, 15) is 4.79 Å². The number of carbonyl (C=O) groups is 1. The highest BCUT2D eigenvalue weighted by Gasteiger charge is 2.04. The lowest BCUT2D eigenvalue weighted by Gasteiger charge is -2.11. The predicted octanol–water partition coefficient (Wildman–Crippen LogP) is 1.36. The van der Waals surface area contributed by atoms with Crippen LogP contribution < -0.4 is 10.6 Å². The molecular weight excluding hydrogens is 252 g/mol. The van der Waals surface area contributed by atoms with E-state index in [0.29, 0.717) is 13.1 Å². The van der Waals surface area contributed by atoms with Gasteiger partial charge in [0.15, 0.2) is 0 Å². The van der Waals surface area contributed by atoms with Gasteiger partial charge in [-0.1, -0.05) is 30.2 Å². The molecule has 1 aromatic heterocycles. The summed E-state index contributed by atoms with van der Waals surface area (Å²) < 4.78 is 1.84. The molecule has 0 radical (unpaired) electrons. The minimum atomic E-state index is -0.267. The fourth-order valence-corrected chi connectivity index (χ4v) is 1.82. The highest BCUT2D eigenvalue weighted by molar-refractivity contribution is 5.74. The number of benzene rings is 1. The Labute approximate surface area is 118 Å². The molecule has 0 aliphatic rings. The Morgan fingerprint density at radius 3 is 2.75 bits per heavy atom. The third-order valence-corrected chi connectivity index (χ3v) is 2.80. The number of amides is 2. The van der Waals surface area contributed by atoms with E-state index in [2.05, 4.69) is 21.7 Å². The molecule has 5 heteroatoms. The largest absolute Gasteiger partial charge is 0.334 e. The van der Waals surface area contributed by atoms with Gasteiger partial charge in [0.25, 0.3) is 0 Å². The van der Waals surface area contributed by atoms with Crippen LogP contribution in [0.25, 0.3) is 0 Å². The van der Waals surface area contributed by atoms with Gasteiger partial charge in [-0.15, -0.1) is 6.42 Å². The average Bonchev–Trinajstić information content (AvgIpc) is 2.97. The maximum absolute atomic E-state index is 11.5. The van der Waals surface area contributed by atoms with E-state index in [1.165, 1.54) is 0 Å². The topological polar surface area (TPSA) is 59.0 Å². The van der Waals surface area contributed by atoms with Crippen molar-refractivity contribution in [3.8, 4) is 12.3 Å². The summed E-state index contributed by atoms with van der Waals surface area (Å²) in [6.45, 7) is 1.35. The number of nitrogens with one attached hydrogen (secondary N) is 2. The van der Waals surface area contributed by atoms with Gasteiger partial charge in [-0.25, -0.2) is 4.79 Å². The summed E-state index contributed by atoms with van der Waals surface area (Å²) in [5, 5.41) is 9.53. The minimum absolute atomic E-state index is 0.223. The first-order valence-corrected chi connectivity index (χ1v) is 6.29. The molecule has 0 bridgehead atoms. The number of hydrogen-bond acceptors (Lipinski definition) is 2. The normalized spacial score (nSPS) is 9.75. The molecular formula is C15H16N4O.